The highest BCUT2D eigenvalue weighted by molar-refractivity contribution is 7.20. The molecule has 0 bridgehead atoms. The molecule has 0 unspecified atom stereocenters. The van der Waals surface area contributed by atoms with E-state index in [1.165, 1.54) is 23.5 Å². The summed E-state index contributed by atoms with van der Waals surface area (Å²) in [5.41, 5.74) is 3.08. The van der Waals surface area contributed by atoms with Gasteiger partial charge in [0, 0.05) is 11.6 Å². The SMILES string of the molecule is Cc1ccc(C(=O)Nc2cc(C)nn2-c2nc3ccc(F)cc3s2)cc1. The van der Waals surface area contributed by atoms with Crippen molar-refractivity contribution in [1.29, 1.82) is 0 Å². The van der Waals surface area contributed by atoms with Crippen LogP contribution in [0.2, 0.25) is 0 Å². The minimum absolute atomic E-state index is 0.224. The van der Waals surface area contributed by atoms with Crippen LogP contribution in [-0.2, 0) is 0 Å². The van der Waals surface area contributed by atoms with Crippen molar-refractivity contribution in [2.45, 2.75) is 13.8 Å². The molecule has 4 aromatic rings. The van der Waals surface area contributed by atoms with Gasteiger partial charge in [0.15, 0.2) is 0 Å². The Hall–Kier alpha value is -3.06. The van der Waals surface area contributed by atoms with Crippen molar-refractivity contribution in [1.82, 2.24) is 14.8 Å². The van der Waals surface area contributed by atoms with E-state index in [-0.39, 0.29) is 11.7 Å². The Morgan fingerprint density at radius 2 is 1.88 bits per heavy atom. The van der Waals surface area contributed by atoms with Crippen LogP contribution in [0.4, 0.5) is 10.2 Å². The number of nitrogens with one attached hydrogen (secondary N) is 1. The minimum Gasteiger partial charge on any atom is -0.306 e. The number of fused-ring (bicyclic) bond motifs is 1. The fraction of sp³-hybridized carbons (Fsp3) is 0.105. The van der Waals surface area contributed by atoms with Crippen molar-refractivity contribution in [2.24, 2.45) is 0 Å². The Labute approximate surface area is 153 Å². The second-order valence-electron chi connectivity index (χ2n) is 6.01. The zero-order valence-electron chi connectivity index (χ0n) is 14.2. The number of nitrogens with zero attached hydrogens (tertiary/aromatic N) is 3. The van der Waals surface area contributed by atoms with E-state index in [1.54, 1.807) is 28.9 Å². The van der Waals surface area contributed by atoms with Gasteiger partial charge in [-0.05, 0) is 44.2 Å². The Bertz CT molecular complexity index is 1110. The predicted molar refractivity (Wildman–Crippen MR) is 101 cm³/mol. The number of aryl methyl sites for hydroxylation is 2. The minimum atomic E-state index is -0.308. The number of carbonyl (C=O) groups is 1. The molecule has 0 saturated carbocycles. The van der Waals surface area contributed by atoms with E-state index in [4.69, 9.17) is 0 Å². The number of hydrogen-bond donors (Lipinski definition) is 1. The van der Waals surface area contributed by atoms with Gasteiger partial charge in [-0.15, -0.1) is 0 Å². The number of amides is 1. The third kappa shape index (κ3) is 3.09. The average Bonchev–Trinajstić information content (AvgIpc) is 3.18. The van der Waals surface area contributed by atoms with Crippen LogP contribution >= 0.6 is 11.3 Å². The standard InChI is InChI=1S/C19H15FN4OS/c1-11-3-5-13(6-4-11)18(25)22-17-9-12(2)23-24(17)19-21-15-8-7-14(20)10-16(15)26-19/h3-10H,1-2H3,(H,22,25). The van der Waals surface area contributed by atoms with Gasteiger partial charge in [-0.25, -0.2) is 9.37 Å². The molecule has 2 heterocycles. The molecule has 130 valence electrons. The van der Waals surface area contributed by atoms with Gasteiger partial charge >= 0.3 is 0 Å². The van der Waals surface area contributed by atoms with Gasteiger partial charge in [0.05, 0.1) is 15.9 Å². The first-order valence-electron chi connectivity index (χ1n) is 8.01. The predicted octanol–water partition coefficient (Wildman–Crippen LogP) is 4.49. The molecule has 1 N–H and O–H groups in total. The lowest BCUT2D eigenvalue weighted by Crippen LogP contribution is -2.15. The Morgan fingerprint density at radius 1 is 1.12 bits per heavy atom. The Balaban J connectivity index is 1.69. The fourth-order valence-corrected chi connectivity index (χ4v) is 3.56. The molecule has 2 aromatic heterocycles. The van der Waals surface area contributed by atoms with E-state index >= 15 is 0 Å². The molecule has 0 aliphatic rings. The Kier molecular flexibility index (Phi) is 4.00. The summed E-state index contributed by atoms with van der Waals surface area (Å²) in [6.45, 7) is 3.81. The van der Waals surface area contributed by atoms with E-state index < -0.39 is 0 Å². The van der Waals surface area contributed by atoms with Crippen LogP contribution in [-0.4, -0.2) is 20.7 Å². The first-order chi connectivity index (χ1) is 12.5. The molecular weight excluding hydrogens is 351 g/mol. The van der Waals surface area contributed by atoms with E-state index in [0.29, 0.717) is 22.0 Å². The van der Waals surface area contributed by atoms with Crippen LogP contribution in [0.3, 0.4) is 0 Å². The quantitative estimate of drug-likeness (QED) is 0.581. The molecule has 0 aliphatic carbocycles. The molecular formula is C19H15FN4OS. The number of benzene rings is 2. The molecule has 7 heteroatoms. The van der Waals surface area contributed by atoms with Gasteiger partial charge in [-0.3, -0.25) is 4.79 Å². The van der Waals surface area contributed by atoms with E-state index in [2.05, 4.69) is 15.4 Å². The second-order valence-corrected chi connectivity index (χ2v) is 7.02. The molecule has 26 heavy (non-hydrogen) atoms. The lowest BCUT2D eigenvalue weighted by molar-refractivity contribution is 0.102. The van der Waals surface area contributed by atoms with Crippen molar-refractivity contribution in [3.63, 3.8) is 0 Å². The average molecular weight is 366 g/mol. The number of thiazole rings is 1. The normalized spacial score (nSPS) is 11.0. The zero-order valence-corrected chi connectivity index (χ0v) is 15.0. The summed E-state index contributed by atoms with van der Waals surface area (Å²) in [5.74, 6) is -0.0110. The summed E-state index contributed by atoms with van der Waals surface area (Å²) in [7, 11) is 0. The van der Waals surface area contributed by atoms with Crippen molar-refractivity contribution in [3.8, 4) is 5.13 Å². The van der Waals surface area contributed by atoms with Crippen LogP contribution in [0, 0.1) is 19.7 Å². The number of hydrogen-bond acceptors (Lipinski definition) is 4. The fourth-order valence-electron chi connectivity index (χ4n) is 2.60. The van der Waals surface area contributed by atoms with Crippen LogP contribution < -0.4 is 5.32 Å². The summed E-state index contributed by atoms with van der Waals surface area (Å²) in [5, 5.41) is 7.86. The number of aromatic nitrogens is 3. The second kappa shape index (κ2) is 6.34. The third-order valence-electron chi connectivity index (χ3n) is 3.91. The smallest absolute Gasteiger partial charge is 0.256 e. The first kappa shape index (κ1) is 16.4. The molecule has 0 atom stereocenters. The largest absolute Gasteiger partial charge is 0.306 e. The van der Waals surface area contributed by atoms with Gasteiger partial charge in [0.1, 0.15) is 11.6 Å². The number of carbonyl (C=O) groups excluding carboxylic acids is 1. The first-order valence-corrected chi connectivity index (χ1v) is 8.82. The van der Waals surface area contributed by atoms with Crippen molar-refractivity contribution < 1.29 is 9.18 Å². The van der Waals surface area contributed by atoms with E-state index in [0.717, 1.165) is 16.0 Å². The number of rotatable bonds is 3. The van der Waals surface area contributed by atoms with Gasteiger partial charge in [-0.1, -0.05) is 29.0 Å². The van der Waals surface area contributed by atoms with Gasteiger partial charge < -0.3 is 5.32 Å². The number of anilines is 1. The molecule has 1 amide bonds. The lowest BCUT2D eigenvalue weighted by Gasteiger charge is -2.06. The molecule has 0 saturated heterocycles. The summed E-state index contributed by atoms with van der Waals surface area (Å²) in [4.78, 5) is 17.0. The topological polar surface area (TPSA) is 59.8 Å². The number of halogens is 1. The van der Waals surface area contributed by atoms with E-state index in [9.17, 15) is 9.18 Å². The maximum atomic E-state index is 13.4. The van der Waals surface area contributed by atoms with Gasteiger partial charge in [-0.2, -0.15) is 9.78 Å². The van der Waals surface area contributed by atoms with Crippen LogP contribution in [0.1, 0.15) is 21.6 Å². The lowest BCUT2D eigenvalue weighted by atomic mass is 10.1. The maximum Gasteiger partial charge on any atom is 0.256 e. The third-order valence-corrected chi connectivity index (χ3v) is 4.90. The summed E-state index contributed by atoms with van der Waals surface area (Å²) >= 11 is 1.31. The van der Waals surface area contributed by atoms with E-state index in [1.807, 2.05) is 26.0 Å². The Morgan fingerprint density at radius 3 is 2.65 bits per heavy atom. The molecule has 0 fully saturated rings. The van der Waals surface area contributed by atoms with Gasteiger partial charge in [0.25, 0.3) is 5.91 Å². The van der Waals surface area contributed by atoms with Crippen LogP contribution in [0.15, 0.2) is 48.5 Å². The highest BCUT2D eigenvalue weighted by atomic mass is 32.1. The van der Waals surface area contributed by atoms with Gasteiger partial charge in [0.2, 0.25) is 5.13 Å². The molecule has 0 spiro atoms. The van der Waals surface area contributed by atoms with Crippen LogP contribution in [0.25, 0.3) is 15.3 Å². The zero-order chi connectivity index (χ0) is 18.3. The molecule has 4 rings (SSSR count). The van der Waals surface area contributed by atoms with Crippen molar-refractivity contribution >= 4 is 33.3 Å². The van der Waals surface area contributed by atoms with Crippen molar-refractivity contribution in [2.75, 3.05) is 5.32 Å². The van der Waals surface area contributed by atoms with Crippen molar-refractivity contribution in [3.05, 3.63) is 71.2 Å². The highest BCUT2D eigenvalue weighted by Crippen LogP contribution is 2.28. The maximum absolute atomic E-state index is 13.4. The summed E-state index contributed by atoms with van der Waals surface area (Å²) in [6, 6.07) is 13.6. The molecule has 5 nitrogen and oxygen atoms in total. The summed E-state index contributed by atoms with van der Waals surface area (Å²) in [6.07, 6.45) is 0. The molecule has 2 aromatic carbocycles. The van der Waals surface area contributed by atoms with Crippen LogP contribution in [0.5, 0.6) is 0 Å². The summed E-state index contributed by atoms with van der Waals surface area (Å²) < 4.78 is 15.7. The highest BCUT2D eigenvalue weighted by Gasteiger charge is 2.15. The molecule has 0 aliphatic heterocycles. The molecule has 0 radical (unpaired) electrons. The monoisotopic (exact) mass is 366 g/mol.